The SMILES string of the molecule is CNC(c1cccc2cnccc12)C1CCCCS1(=O)=O. The Morgan fingerprint density at radius 2 is 2.14 bits per heavy atom. The van der Waals surface area contributed by atoms with Gasteiger partial charge in [0, 0.05) is 23.8 Å². The van der Waals surface area contributed by atoms with Crippen LogP contribution in [0.25, 0.3) is 10.8 Å². The molecule has 0 spiro atoms. The molecule has 112 valence electrons. The molecule has 0 radical (unpaired) electrons. The van der Waals surface area contributed by atoms with Crippen molar-refractivity contribution in [2.24, 2.45) is 0 Å². The van der Waals surface area contributed by atoms with Crippen LogP contribution in [0.5, 0.6) is 0 Å². The fourth-order valence-electron chi connectivity index (χ4n) is 3.31. The predicted octanol–water partition coefficient (Wildman–Crippen LogP) is 2.46. The Morgan fingerprint density at radius 1 is 1.29 bits per heavy atom. The molecular weight excluding hydrogens is 284 g/mol. The highest BCUT2D eigenvalue weighted by atomic mass is 32.2. The summed E-state index contributed by atoms with van der Waals surface area (Å²) >= 11 is 0. The van der Waals surface area contributed by atoms with E-state index >= 15 is 0 Å². The molecule has 2 atom stereocenters. The number of rotatable bonds is 3. The number of sulfone groups is 1. The van der Waals surface area contributed by atoms with Crippen LogP contribution in [0.3, 0.4) is 0 Å². The van der Waals surface area contributed by atoms with Gasteiger partial charge >= 0.3 is 0 Å². The number of benzene rings is 1. The third-order valence-corrected chi connectivity index (χ3v) is 6.65. The Labute approximate surface area is 125 Å². The third kappa shape index (κ3) is 2.68. The van der Waals surface area contributed by atoms with Gasteiger partial charge in [-0.1, -0.05) is 24.6 Å². The van der Waals surface area contributed by atoms with Crippen LogP contribution in [0.1, 0.15) is 30.9 Å². The molecule has 3 rings (SSSR count). The first-order chi connectivity index (χ1) is 10.1. The molecule has 0 aliphatic carbocycles. The van der Waals surface area contributed by atoms with E-state index in [1.807, 2.05) is 37.5 Å². The lowest BCUT2D eigenvalue weighted by Crippen LogP contribution is -2.39. The van der Waals surface area contributed by atoms with Crippen molar-refractivity contribution < 1.29 is 8.42 Å². The Balaban J connectivity index is 2.10. The summed E-state index contributed by atoms with van der Waals surface area (Å²) in [7, 11) is -1.19. The standard InChI is InChI=1S/C16H20N2O2S/c1-17-16(15-7-2-3-10-21(15,19)20)14-6-4-5-12-11-18-9-8-13(12)14/h4-6,8-9,11,15-17H,2-3,7,10H2,1H3. The lowest BCUT2D eigenvalue weighted by molar-refractivity contribution is 0.471. The number of nitrogens with zero attached hydrogens (tertiary/aromatic N) is 1. The molecule has 0 amide bonds. The van der Waals surface area contributed by atoms with Crippen molar-refractivity contribution in [3.8, 4) is 0 Å². The molecular formula is C16H20N2O2S. The van der Waals surface area contributed by atoms with Crippen LogP contribution in [0.15, 0.2) is 36.7 Å². The first kappa shape index (κ1) is 14.5. The van der Waals surface area contributed by atoms with Gasteiger partial charge in [-0.05, 0) is 36.9 Å². The summed E-state index contributed by atoms with van der Waals surface area (Å²) in [5, 5.41) is 5.02. The second kappa shape index (κ2) is 5.73. The lowest BCUT2D eigenvalue weighted by Gasteiger charge is -2.30. The van der Waals surface area contributed by atoms with Crippen molar-refractivity contribution in [3.05, 3.63) is 42.2 Å². The maximum Gasteiger partial charge on any atom is 0.155 e. The van der Waals surface area contributed by atoms with Gasteiger partial charge in [-0.15, -0.1) is 0 Å². The Hall–Kier alpha value is -1.46. The molecule has 21 heavy (non-hydrogen) atoms. The van der Waals surface area contributed by atoms with Gasteiger partial charge in [-0.2, -0.15) is 0 Å². The topological polar surface area (TPSA) is 59.1 Å². The van der Waals surface area contributed by atoms with Crippen LogP contribution >= 0.6 is 0 Å². The van der Waals surface area contributed by atoms with Crippen LogP contribution in [0.2, 0.25) is 0 Å². The molecule has 0 saturated carbocycles. The fraction of sp³-hybridized carbons (Fsp3) is 0.438. The monoisotopic (exact) mass is 304 g/mol. The van der Waals surface area contributed by atoms with E-state index in [0.29, 0.717) is 5.75 Å². The van der Waals surface area contributed by atoms with E-state index in [1.54, 1.807) is 6.20 Å². The summed E-state index contributed by atoms with van der Waals surface area (Å²) in [6.07, 6.45) is 6.08. The maximum absolute atomic E-state index is 12.4. The molecule has 1 aromatic heterocycles. The van der Waals surface area contributed by atoms with E-state index in [-0.39, 0.29) is 11.3 Å². The Morgan fingerprint density at radius 3 is 2.90 bits per heavy atom. The highest BCUT2D eigenvalue weighted by Crippen LogP contribution is 2.33. The maximum atomic E-state index is 12.4. The van der Waals surface area contributed by atoms with Crippen LogP contribution in [-0.4, -0.2) is 31.5 Å². The molecule has 1 aliphatic heterocycles. The largest absolute Gasteiger partial charge is 0.312 e. The molecule has 1 fully saturated rings. The van der Waals surface area contributed by atoms with Gasteiger partial charge in [0.2, 0.25) is 0 Å². The summed E-state index contributed by atoms with van der Waals surface area (Å²) < 4.78 is 24.9. The average molecular weight is 304 g/mol. The molecule has 2 unspecified atom stereocenters. The van der Waals surface area contributed by atoms with Crippen molar-refractivity contribution in [1.29, 1.82) is 0 Å². The van der Waals surface area contributed by atoms with Crippen molar-refractivity contribution in [3.63, 3.8) is 0 Å². The predicted molar refractivity (Wildman–Crippen MR) is 85.0 cm³/mol. The molecule has 2 aromatic rings. The number of fused-ring (bicyclic) bond motifs is 1. The van der Waals surface area contributed by atoms with Gasteiger partial charge in [-0.25, -0.2) is 8.42 Å². The van der Waals surface area contributed by atoms with E-state index in [9.17, 15) is 8.42 Å². The van der Waals surface area contributed by atoms with Crippen molar-refractivity contribution in [2.75, 3.05) is 12.8 Å². The number of pyridine rings is 1. The van der Waals surface area contributed by atoms with Crippen molar-refractivity contribution in [1.82, 2.24) is 10.3 Å². The minimum absolute atomic E-state index is 0.165. The van der Waals surface area contributed by atoms with E-state index in [2.05, 4.69) is 10.3 Å². The number of hydrogen-bond donors (Lipinski definition) is 1. The molecule has 5 heteroatoms. The van der Waals surface area contributed by atoms with E-state index in [1.165, 1.54) is 0 Å². The van der Waals surface area contributed by atoms with E-state index in [0.717, 1.165) is 35.6 Å². The molecule has 1 aliphatic rings. The van der Waals surface area contributed by atoms with Crippen molar-refractivity contribution >= 4 is 20.6 Å². The summed E-state index contributed by atoms with van der Waals surface area (Å²) in [6.45, 7) is 0. The highest BCUT2D eigenvalue weighted by molar-refractivity contribution is 7.92. The second-order valence-corrected chi connectivity index (χ2v) is 7.95. The van der Waals surface area contributed by atoms with Gasteiger partial charge in [0.15, 0.2) is 9.84 Å². The van der Waals surface area contributed by atoms with Crippen molar-refractivity contribution in [2.45, 2.75) is 30.6 Å². The summed E-state index contributed by atoms with van der Waals surface area (Å²) in [4.78, 5) is 4.14. The van der Waals surface area contributed by atoms with Crippen LogP contribution in [0.4, 0.5) is 0 Å². The highest BCUT2D eigenvalue weighted by Gasteiger charge is 2.36. The van der Waals surface area contributed by atoms with Gasteiger partial charge in [0.1, 0.15) is 0 Å². The zero-order chi connectivity index (χ0) is 14.9. The van der Waals surface area contributed by atoms with Gasteiger partial charge in [0.05, 0.1) is 11.0 Å². The Bertz CT molecular complexity index is 738. The summed E-state index contributed by atoms with van der Waals surface area (Å²) in [5.74, 6) is 0.308. The smallest absolute Gasteiger partial charge is 0.155 e. The number of nitrogens with one attached hydrogen (secondary N) is 1. The zero-order valence-electron chi connectivity index (χ0n) is 12.1. The number of hydrogen-bond acceptors (Lipinski definition) is 4. The molecule has 4 nitrogen and oxygen atoms in total. The quantitative estimate of drug-likeness (QED) is 0.946. The van der Waals surface area contributed by atoms with Gasteiger partial charge in [0.25, 0.3) is 0 Å². The van der Waals surface area contributed by atoms with E-state index < -0.39 is 9.84 Å². The van der Waals surface area contributed by atoms with Crippen LogP contribution < -0.4 is 5.32 Å². The van der Waals surface area contributed by atoms with Gasteiger partial charge < -0.3 is 5.32 Å². The molecule has 1 saturated heterocycles. The second-order valence-electron chi connectivity index (χ2n) is 5.61. The first-order valence-corrected chi connectivity index (χ1v) is 9.06. The molecule has 2 heterocycles. The molecule has 1 aromatic carbocycles. The first-order valence-electron chi connectivity index (χ1n) is 7.35. The Kier molecular flexibility index (Phi) is 3.95. The lowest BCUT2D eigenvalue weighted by atomic mass is 9.95. The minimum atomic E-state index is -3.03. The third-order valence-electron chi connectivity index (χ3n) is 4.36. The van der Waals surface area contributed by atoms with Crippen LogP contribution in [0, 0.1) is 0 Å². The van der Waals surface area contributed by atoms with Crippen LogP contribution in [-0.2, 0) is 9.84 Å². The zero-order valence-corrected chi connectivity index (χ0v) is 12.9. The summed E-state index contributed by atoms with van der Waals surface area (Å²) in [6, 6.07) is 7.80. The molecule has 1 N–H and O–H groups in total. The summed E-state index contributed by atoms with van der Waals surface area (Å²) in [5.41, 5.74) is 1.05. The fourth-order valence-corrected chi connectivity index (χ4v) is 5.45. The minimum Gasteiger partial charge on any atom is -0.312 e. The normalized spacial score (nSPS) is 23.0. The van der Waals surface area contributed by atoms with E-state index in [4.69, 9.17) is 0 Å². The van der Waals surface area contributed by atoms with Gasteiger partial charge in [-0.3, -0.25) is 4.98 Å². The number of aromatic nitrogens is 1. The average Bonchev–Trinajstić information content (AvgIpc) is 2.49. The molecule has 0 bridgehead atoms.